The molecule has 1 aliphatic carbocycles. The van der Waals surface area contributed by atoms with E-state index in [2.05, 4.69) is 6.92 Å². The zero-order valence-corrected chi connectivity index (χ0v) is 11.7. The van der Waals surface area contributed by atoms with Crippen molar-refractivity contribution in [3.05, 3.63) is 24.0 Å². The summed E-state index contributed by atoms with van der Waals surface area (Å²) in [6.45, 7) is 1.95. The van der Waals surface area contributed by atoms with Crippen LogP contribution in [0.3, 0.4) is 0 Å². The van der Waals surface area contributed by atoms with Gasteiger partial charge in [0.2, 0.25) is 11.8 Å². The molecule has 0 aromatic carbocycles. The fourth-order valence-electron chi connectivity index (χ4n) is 3.41. The molecule has 1 saturated heterocycles. The monoisotopic (exact) mass is 274 g/mol. The summed E-state index contributed by atoms with van der Waals surface area (Å²) in [6.07, 6.45) is 5.02. The minimum Gasteiger partial charge on any atom is -0.357 e. The lowest BCUT2D eigenvalue weighted by atomic mass is 10.00. The van der Waals surface area contributed by atoms with Crippen molar-refractivity contribution in [2.75, 3.05) is 6.54 Å². The second kappa shape index (κ2) is 4.58. The Labute approximate surface area is 117 Å². The van der Waals surface area contributed by atoms with Gasteiger partial charge >= 0.3 is 0 Å². The third kappa shape index (κ3) is 1.97. The molecule has 5 nitrogen and oxygen atoms in total. The Morgan fingerprint density at radius 3 is 2.35 bits per heavy atom. The van der Waals surface area contributed by atoms with Crippen molar-refractivity contribution < 1.29 is 14.4 Å². The van der Waals surface area contributed by atoms with Gasteiger partial charge in [-0.1, -0.05) is 6.92 Å². The van der Waals surface area contributed by atoms with Crippen molar-refractivity contribution in [3.8, 4) is 0 Å². The van der Waals surface area contributed by atoms with E-state index in [1.807, 2.05) is 7.05 Å². The van der Waals surface area contributed by atoms with E-state index in [4.69, 9.17) is 0 Å². The third-order valence-electron chi connectivity index (χ3n) is 4.42. The van der Waals surface area contributed by atoms with Gasteiger partial charge in [0, 0.05) is 25.0 Å². The van der Waals surface area contributed by atoms with Crippen LogP contribution in [-0.4, -0.2) is 33.6 Å². The quantitative estimate of drug-likeness (QED) is 0.615. The number of nitrogens with zero attached hydrogens (tertiary/aromatic N) is 2. The number of rotatable bonds is 3. The van der Waals surface area contributed by atoms with Crippen LogP contribution in [0.15, 0.2) is 18.5 Å². The van der Waals surface area contributed by atoms with Gasteiger partial charge in [0.25, 0.3) is 0 Å². The molecule has 0 spiro atoms. The van der Waals surface area contributed by atoms with Crippen LogP contribution in [0.5, 0.6) is 0 Å². The number of hydrogen-bond donors (Lipinski definition) is 0. The molecule has 0 radical (unpaired) electrons. The Balaban J connectivity index is 1.74. The molecular weight excluding hydrogens is 256 g/mol. The zero-order chi connectivity index (χ0) is 14.4. The van der Waals surface area contributed by atoms with E-state index in [-0.39, 0.29) is 36.0 Å². The van der Waals surface area contributed by atoms with Crippen LogP contribution in [0.4, 0.5) is 0 Å². The number of carbonyl (C=O) groups excluding carboxylic acids is 3. The van der Waals surface area contributed by atoms with E-state index < -0.39 is 0 Å². The van der Waals surface area contributed by atoms with Crippen molar-refractivity contribution in [1.29, 1.82) is 0 Å². The van der Waals surface area contributed by atoms with Gasteiger partial charge in [0.1, 0.15) is 0 Å². The summed E-state index contributed by atoms with van der Waals surface area (Å²) in [7, 11) is 1.83. The fraction of sp³-hybridized carbons (Fsp3) is 0.533. The standard InChI is InChI=1S/C15H18N2O3/c1-9-5-11-12(6-9)15(20)17(14(11)19)8-13(18)10-3-4-16(2)7-10/h3-4,7,9,11-12H,5-6,8H2,1-2H3. The predicted octanol–water partition coefficient (Wildman–Crippen LogP) is 1.24. The summed E-state index contributed by atoms with van der Waals surface area (Å²) in [6, 6.07) is 1.70. The van der Waals surface area contributed by atoms with Gasteiger partial charge in [-0.25, -0.2) is 0 Å². The molecule has 2 aliphatic rings. The molecule has 0 N–H and O–H groups in total. The van der Waals surface area contributed by atoms with Gasteiger partial charge in [-0.15, -0.1) is 0 Å². The van der Waals surface area contributed by atoms with E-state index in [1.54, 1.807) is 23.0 Å². The highest BCUT2D eigenvalue weighted by molar-refractivity contribution is 6.10. The molecule has 2 fully saturated rings. The Kier molecular flexibility index (Phi) is 3.00. The smallest absolute Gasteiger partial charge is 0.233 e. The van der Waals surface area contributed by atoms with Gasteiger partial charge in [-0.2, -0.15) is 0 Å². The molecule has 2 amide bonds. The summed E-state index contributed by atoms with van der Waals surface area (Å²) in [5, 5.41) is 0. The minimum absolute atomic E-state index is 0.122. The number of ketones is 1. The molecular formula is C15H18N2O3. The van der Waals surface area contributed by atoms with Crippen molar-refractivity contribution in [2.24, 2.45) is 24.8 Å². The normalized spacial score (nSPS) is 29.1. The van der Waals surface area contributed by atoms with Crippen LogP contribution in [0, 0.1) is 17.8 Å². The largest absolute Gasteiger partial charge is 0.357 e. The summed E-state index contributed by atoms with van der Waals surface area (Å²) >= 11 is 0. The van der Waals surface area contributed by atoms with Crippen molar-refractivity contribution in [3.63, 3.8) is 0 Å². The number of Topliss-reactive ketones (excluding diaryl/α,β-unsaturated/α-hetero) is 1. The zero-order valence-electron chi connectivity index (χ0n) is 11.7. The number of carbonyl (C=O) groups is 3. The molecule has 1 aromatic heterocycles. The first kappa shape index (κ1) is 13.1. The van der Waals surface area contributed by atoms with Crippen LogP contribution in [0.25, 0.3) is 0 Å². The molecule has 106 valence electrons. The topological polar surface area (TPSA) is 59.4 Å². The van der Waals surface area contributed by atoms with Crippen LogP contribution in [-0.2, 0) is 16.6 Å². The maximum atomic E-state index is 12.3. The van der Waals surface area contributed by atoms with E-state index in [1.165, 1.54) is 0 Å². The van der Waals surface area contributed by atoms with Crippen LogP contribution in [0.1, 0.15) is 30.1 Å². The molecule has 5 heteroatoms. The van der Waals surface area contributed by atoms with E-state index in [9.17, 15) is 14.4 Å². The number of imide groups is 1. The first-order valence-corrected chi connectivity index (χ1v) is 6.97. The summed E-state index contributed by atoms with van der Waals surface area (Å²) in [4.78, 5) is 37.8. The second-order valence-corrected chi connectivity index (χ2v) is 6.04. The van der Waals surface area contributed by atoms with Gasteiger partial charge in [-0.05, 0) is 24.8 Å². The highest BCUT2D eigenvalue weighted by Gasteiger charge is 2.51. The molecule has 1 aliphatic heterocycles. The SMILES string of the molecule is CC1CC2C(=O)N(CC(=O)c3ccn(C)c3)C(=O)C2C1. The number of aromatic nitrogens is 1. The molecule has 3 rings (SSSR count). The fourth-order valence-corrected chi connectivity index (χ4v) is 3.41. The average molecular weight is 274 g/mol. The Bertz CT molecular complexity index is 566. The number of amides is 2. The second-order valence-electron chi connectivity index (χ2n) is 6.04. The Morgan fingerprint density at radius 2 is 1.85 bits per heavy atom. The first-order valence-electron chi connectivity index (χ1n) is 6.97. The molecule has 1 saturated carbocycles. The number of hydrogen-bond acceptors (Lipinski definition) is 3. The van der Waals surface area contributed by atoms with Gasteiger partial charge in [-0.3, -0.25) is 19.3 Å². The summed E-state index contributed by atoms with van der Waals surface area (Å²) in [5.41, 5.74) is 0.540. The number of aryl methyl sites for hydroxylation is 1. The Morgan fingerprint density at radius 1 is 1.25 bits per heavy atom. The first-order chi connectivity index (χ1) is 9.47. The lowest BCUT2D eigenvalue weighted by Crippen LogP contribution is -2.36. The summed E-state index contributed by atoms with van der Waals surface area (Å²) in [5.74, 6) is -0.463. The molecule has 2 unspecified atom stereocenters. The molecule has 0 bridgehead atoms. The van der Waals surface area contributed by atoms with Crippen molar-refractivity contribution in [1.82, 2.24) is 9.47 Å². The van der Waals surface area contributed by atoms with Crippen LogP contribution in [0.2, 0.25) is 0 Å². The van der Waals surface area contributed by atoms with Gasteiger partial charge in [0.15, 0.2) is 5.78 Å². The van der Waals surface area contributed by atoms with Gasteiger partial charge in [0.05, 0.1) is 18.4 Å². The molecule has 2 heterocycles. The molecule has 1 aromatic rings. The highest BCUT2D eigenvalue weighted by Crippen LogP contribution is 2.42. The molecule has 2 atom stereocenters. The van der Waals surface area contributed by atoms with Crippen LogP contribution >= 0.6 is 0 Å². The average Bonchev–Trinajstić information content (AvgIpc) is 3.04. The third-order valence-corrected chi connectivity index (χ3v) is 4.42. The highest BCUT2D eigenvalue weighted by atomic mass is 16.2. The number of fused-ring (bicyclic) bond motifs is 1. The lowest BCUT2D eigenvalue weighted by molar-refractivity contribution is -0.139. The Hall–Kier alpha value is -1.91. The molecule has 20 heavy (non-hydrogen) atoms. The maximum Gasteiger partial charge on any atom is 0.233 e. The van der Waals surface area contributed by atoms with E-state index >= 15 is 0 Å². The van der Waals surface area contributed by atoms with Gasteiger partial charge < -0.3 is 4.57 Å². The lowest BCUT2D eigenvalue weighted by Gasteiger charge is -2.15. The minimum atomic E-state index is -0.193. The predicted molar refractivity (Wildman–Crippen MR) is 71.8 cm³/mol. The van der Waals surface area contributed by atoms with E-state index in [0.29, 0.717) is 11.5 Å². The number of likely N-dealkylation sites (tertiary alicyclic amines) is 1. The van der Waals surface area contributed by atoms with E-state index in [0.717, 1.165) is 17.7 Å². The van der Waals surface area contributed by atoms with Crippen molar-refractivity contribution in [2.45, 2.75) is 19.8 Å². The summed E-state index contributed by atoms with van der Waals surface area (Å²) < 4.78 is 1.78. The van der Waals surface area contributed by atoms with Crippen LogP contribution < -0.4 is 0 Å². The maximum absolute atomic E-state index is 12.3. The van der Waals surface area contributed by atoms with Crippen molar-refractivity contribution >= 4 is 17.6 Å².